The Labute approximate surface area is 146 Å². The van der Waals surface area contributed by atoms with Crippen LogP contribution in [-0.4, -0.2) is 26.0 Å². The van der Waals surface area contributed by atoms with Crippen LogP contribution in [0.2, 0.25) is 0 Å². The van der Waals surface area contributed by atoms with Gasteiger partial charge in [-0.15, -0.1) is 0 Å². The number of rotatable bonds is 4. The predicted octanol–water partition coefficient (Wildman–Crippen LogP) is 3.34. The van der Waals surface area contributed by atoms with Crippen LogP contribution in [0.4, 0.5) is 5.69 Å². The number of hydrogen-bond donors (Lipinski definition) is 0. The van der Waals surface area contributed by atoms with Gasteiger partial charge in [-0.1, -0.05) is 15.9 Å². The van der Waals surface area contributed by atoms with E-state index in [0.29, 0.717) is 4.47 Å². The average molecular weight is 411 g/mol. The molecule has 0 aliphatic carbocycles. The number of carbonyl (C=O) groups excluding carboxylic acids is 1. The molecule has 0 unspecified atom stereocenters. The molecule has 124 valence electrons. The van der Waals surface area contributed by atoms with E-state index in [1.807, 2.05) is 0 Å². The number of sulfone groups is 1. The molecule has 0 saturated carbocycles. The summed E-state index contributed by atoms with van der Waals surface area (Å²) in [6.45, 7) is 4.56. The first-order valence-electron chi connectivity index (χ1n) is 6.49. The molecule has 0 fully saturated rings. The number of nitrogens with zero attached hydrogens (tertiary/aromatic N) is 2. The van der Waals surface area contributed by atoms with Gasteiger partial charge in [0.1, 0.15) is 4.90 Å². The van der Waals surface area contributed by atoms with E-state index in [4.69, 9.17) is 0 Å². The molecule has 0 aliphatic heterocycles. The number of nitro groups is 1. The maximum atomic E-state index is 12.7. The van der Waals surface area contributed by atoms with E-state index in [2.05, 4.69) is 27.6 Å². The van der Waals surface area contributed by atoms with Gasteiger partial charge >= 0.3 is 0 Å². The van der Waals surface area contributed by atoms with Crippen molar-refractivity contribution in [2.45, 2.75) is 16.7 Å². The number of nitro benzene ring substituents is 1. The number of carbonyl (C=O) groups is 1. The summed E-state index contributed by atoms with van der Waals surface area (Å²) in [4.78, 5) is 24.8. The Hall–Kier alpha value is -2.39. The van der Waals surface area contributed by atoms with Gasteiger partial charge in [0.25, 0.3) is 11.6 Å². The zero-order valence-corrected chi connectivity index (χ0v) is 14.8. The van der Waals surface area contributed by atoms with E-state index in [9.17, 15) is 23.3 Å². The largest absolute Gasteiger partial charge is 0.289 e. The van der Waals surface area contributed by atoms with Crippen LogP contribution in [0.3, 0.4) is 0 Å². The molecule has 0 aliphatic rings. The average Bonchev–Trinajstić information content (AvgIpc) is 2.54. The first-order valence-corrected chi connectivity index (χ1v) is 8.77. The Morgan fingerprint density at radius 1 is 1.25 bits per heavy atom. The van der Waals surface area contributed by atoms with Crippen LogP contribution in [0.25, 0.3) is 0 Å². The fourth-order valence-electron chi connectivity index (χ4n) is 2.08. The van der Waals surface area contributed by atoms with Crippen molar-refractivity contribution < 1.29 is 18.1 Å². The number of halogens is 1. The highest BCUT2D eigenvalue weighted by Crippen LogP contribution is 2.32. The second kappa shape index (κ2) is 6.62. The molecule has 9 heteroatoms. The van der Waals surface area contributed by atoms with Crippen LogP contribution in [0, 0.1) is 17.0 Å². The summed E-state index contributed by atoms with van der Waals surface area (Å²) in [6, 6.07) is 7.73. The number of hydrogen-bond acceptors (Lipinski definition) is 5. The van der Waals surface area contributed by atoms with Crippen molar-refractivity contribution in [1.82, 2.24) is 0 Å². The molecule has 0 aromatic heterocycles. The molecule has 0 heterocycles. The third kappa shape index (κ3) is 3.26. The monoisotopic (exact) mass is 410 g/mol. The summed E-state index contributed by atoms with van der Waals surface area (Å²) >= 11 is 3.19. The topological polar surface area (TPSA) is 107 Å². The summed E-state index contributed by atoms with van der Waals surface area (Å²) in [5, 5.41) is 11.3. The molecule has 0 saturated heterocycles. The van der Waals surface area contributed by atoms with Crippen LogP contribution in [0.5, 0.6) is 0 Å². The van der Waals surface area contributed by atoms with Gasteiger partial charge in [-0.3, -0.25) is 14.9 Å². The fourth-order valence-corrected chi connectivity index (χ4v) is 3.84. The van der Waals surface area contributed by atoms with Crippen molar-refractivity contribution in [2.75, 3.05) is 0 Å². The number of benzene rings is 2. The molecule has 2 rings (SSSR count). The highest BCUT2D eigenvalue weighted by molar-refractivity contribution is 9.10. The van der Waals surface area contributed by atoms with E-state index in [1.165, 1.54) is 31.2 Å². The lowest BCUT2D eigenvalue weighted by atomic mass is 10.1. The molecule has 1 amide bonds. The van der Waals surface area contributed by atoms with Gasteiger partial charge in [-0.25, -0.2) is 13.4 Å². The van der Waals surface area contributed by atoms with Crippen molar-refractivity contribution in [3.05, 3.63) is 62.1 Å². The predicted molar refractivity (Wildman–Crippen MR) is 91.3 cm³/mol. The van der Waals surface area contributed by atoms with Crippen molar-refractivity contribution in [3.63, 3.8) is 0 Å². The van der Waals surface area contributed by atoms with Gasteiger partial charge in [0.2, 0.25) is 9.84 Å². The summed E-state index contributed by atoms with van der Waals surface area (Å²) < 4.78 is 26.1. The molecule has 0 N–H and O–H groups in total. The molecule has 0 radical (unpaired) electrons. The number of amides is 1. The molecule has 7 nitrogen and oxygen atoms in total. The lowest BCUT2D eigenvalue weighted by Gasteiger charge is -2.09. The quantitative estimate of drug-likeness (QED) is 0.436. The van der Waals surface area contributed by atoms with Gasteiger partial charge < -0.3 is 0 Å². The molecular weight excluding hydrogens is 400 g/mol. The maximum Gasteiger partial charge on any atom is 0.289 e. The maximum absolute atomic E-state index is 12.7. The Morgan fingerprint density at radius 2 is 1.83 bits per heavy atom. The van der Waals surface area contributed by atoms with Crippen LogP contribution in [-0.2, 0) is 9.84 Å². The second-order valence-corrected chi connectivity index (χ2v) is 7.65. The highest BCUT2D eigenvalue weighted by Gasteiger charge is 2.30. The van der Waals surface area contributed by atoms with Crippen molar-refractivity contribution in [2.24, 2.45) is 4.99 Å². The number of aryl methyl sites for hydroxylation is 1. The zero-order chi connectivity index (χ0) is 18.1. The van der Waals surface area contributed by atoms with Crippen LogP contribution in [0.1, 0.15) is 15.9 Å². The number of aliphatic imine (C=N–C) groups is 1. The van der Waals surface area contributed by atoms with E-state index < -0.39 is 31.3 Å². The summed E-state index contributed by atoms with van der Waals surface area (Å²) in [5.41, 5.74) is -0.490. The second-order valence-electron chi connectivity index (χ2n) is 4.81. The Kier molecular flexibility index (Phi) is 4.95. The van der Waals surface area contributed by atoms with E-state index >= 15 is 0 Å². The fraction of sp³-hybridized carbons (Fsp3) is 0.0667. The summed E-state index contributed by atoms with van der Waals surface area (Å²) in [7, 11) is -4.12. The van der Waals surface area contributed by atoms with Crippen LogP contribution < -0.4 is 0 Å². The smallest absolute Gasteiger partial charge is 0.267 e. The highest BCUT2D eigenvalue weighted by atomic mass is 79.9. The Bertz CT molecular complexity index is 953. The first kappa shape index (κ1) is 18.0. The van der Waals surface area contributed by atoms with Gasteiger partial charge in [0.15, 0.2) is 0 Å². The van der Waals surface area contributed by atoms with Gasteiger partial charge in [-0.2, -0.15) is 0 Å². The first-order chi connectivity index (χ1) is 11.2. The Morgan fingerprint density at radius 3 is 2.33 bits per heavy atom. The molecule has 0 spiro atoms. The minimum Gasteiger partial charge on any atom is -0.267 e. The van der Waals surface area contributed by atoms with Gasteiger partial charge in [0.05, 0.1) is 15.4 Å². The summed E-state index contributed by atoms with van der Waals surface area (Å²) in [6.07, 6.45) is 0. The minimum atomic E-state index is -4.12. The Balaban J connectivity index is 2.75. The normalized spacial score (nSPS) is 11.1. The molecular formula is C15H11BrN2O5S. The SMILES string of the molecule is C=NC(=O)c1cc([N+](=O)[O-])c(S(=O)(=O)c2ccc(Br)cc2)cc1C. The van der Waals surface area contributed by atoms with Gasteiger partial charge in [-0.05, 0) is 49.5 Å². The third-order valence-electron chi connectivity index (χ3n) is 3.29. The lowest BCUT2D eigenvalue weighted by Crippen LogP contribution is -2.09. The summed E-state index contributed by atoms with van der Waals surface area (Å²) in [5.74, 6) is -0.761. The van der Waals surface area contributed by atoms with Crippen LogP contribution >= 0.6 is 15.9 Å². The van der Waals surface area contributed by atoms with Crippen molar-refractivity contribution in [1.29, 1.82) is 0 Å². The molecule has 0 atom stereocenters. The lowest BCUT2D eigenvalue weighted by molar-refractivity contribution is -0.387. The molecule has 0 bridgehead atoms. The van der Waals surface area contributed by atoms with E-state index in [-0.39, 0.29) is 16.0 Å². The standard InChI is InChI=1S/C15H11BrN2O5S/c1-9-7-14(13(18(20)21)8-12(9)15(19)17-2)24(22,23)11-5-3-10(16)4-6-11/h3-8H,2H2,1H3. The van der Waals surface area contributed by atoms with Crippen LogP contribution in [0.15, 0.2) is 55.7 Å². The van der Waals surface area contributed by atoms with Crippen molar-refractivity contribution in [3.8, 4) is 0 Å². The van der Waals surface area contributed by atoms with Crippen molar-refractivity contribution >= 4 is 44.1 Å². The van der Waals surface area contributed by atoms with E-state index in [1.54, 1.807) is 0 Å². The molecule has 24 heavy (non-hydrogen) atoms. The minimum absolute atomic E-state index is 0.0635. The van der Waals surface area contributed by atoms with Gasteiger partial charge in [0, 0.05) is 10.5 Å². The molecule has 2 aromatic rings. The zero-order valence-electron chi connectivity index (χ0n) is 12.4. The van der Waals surface area contributed by atoms with E-state index in [0.717, 1.165) is 12.1 Å². The molecule has 2 aromatic carbocycles. The third-order valence-corrected chi connectivity index (χ3v) is 5.62.